The van der Waals surface area contributed by atoms with Crippen LogP contribution in [0.4, 0.5) is 5.69 Å². The Balaban J connectivity index is 1.29. The number of ether oxygens (including phenoxy) is 3. The first-order valence-corrected chi connectivity index (χ1v) is 17.8. The molecule has 282 valence electrons. The second-order valence-corrected chi connectivity index (χ2v) is 12.9. The monoisotopic (exact) mass is 728 g/mol. The quantitative estimate of drug-likeness (QED) is 0.0948. The molecule has 2 heterocycles. The predicted molar refractivity (Wildman–Crippen MR) is 199 cm³/mol. The number of likely N-dealkylation sites (N-methyl/N-ethyl adjacent to an activating group) is 1. The molecule has 2 amide bonds. The molecule has 0 saturated carbocycles. The van der Waals surface area contributed by atoms with E-state index in [1.807, 2.05) is 19.9 Å². The summed E-state index contributed by atoms with van der Waals surface area (Å²) in [7, 11) is 0. The van der Waals surface area contributed by atoms with Gasteiger partial charge in [-0.15, -0.1) is 0 Å². The number of hydrogen-bond acceptors (Lipinski definition) is 10. The van der Waals surface area contributed by atoms with Gasteiger partial charge in [-0.2, -0.15) is 0 Å². The molecule has 3 N–H and O–H groups in total. The molecule has 1 aromatic heterocycles. The molecule has 0 spiro atoms. The number of rotatable bonds is 18. The second kappa shape index (κ2) is 18.8. The summed E-state index contributed by atoms with van der Waals surface area (Å²) in [4.78, 5) is 81.5. The number of nitrogens with zero attached hydrogens (tertiary/aromatic N) is 1. The van der Waals surface area contributed by atoms with Gasteiger partial charge in [0.15, 0.2) is 12.2 Å². The number of H-pyrrole nitrogens is 1. The number of carbonyl (C=O) groups excluding carboxylic acids is 6. The number of hydrogen-bond donors (Lipinski definition) is 3. The van der Waals surface area contributed by atoms with E-state index in [1.54, 1.807) is 48.5 Å². The number of ketones is 1. The van der Waals surface area contributed by atoms with E-state index in [9.17, 15) is 28.8 Å². The fourth-order valence-corrected chi connectivity index (χ4v) is 5.87. The number of benzene rings is 2. The SMILES string of the molecule is CCN(CC)CCNC(=O)c1c(C)[nH]c(/C=C2\C(=O)Nc3ccc(CC(=O)CCC(=O)O[C@@H](C)C(=O)O[C@@H](C)C(=O)OCc4ccccc4)cc32)c1C. The largest absolute Gasteiger partial charge is 0.458 e. The summed E-state index contributed by atoms with van der Waals surface area (Å²) in [6, 6.07) is 14.2. The van der Waals surface area contributed by atoms with Crippen molar-refractivity contribution in [3.05, 3.63) is 87.7 Å². The average molecular weight is 729 g/mol. The van der Waals surface area contributed by atoms with Crippen molar-refractivity contribution < 1.29 is 43.0 Å². The molecule has 53 heavy (non-hydrogen) atoms. The van der Waals surface area contributed by atoms with E-state index in [4.69, 9.17) is 14.2 Å². The topological polar surface area (TPSA) is 173 Å². The molecule has 0 unspecified atom stereocenters. The molecular formula is C40H48N4O9. The Morgan fingerprint density at radius 1 is 0.887 bits per heavy atom. The molecule has 3 aromatic rings. The zero-order valence-electron chi connectivity index (χ0n) is 31.1. The Bertz CT molecular complexity index is 1860. The van der Waals surface area contributed by atoms with E-state index in [0.29, 0.717) is 51.4 Å². The maximum atomic E-state index is 13.1. The second-order valence-electron chi connectivity index (χ2n) is 12.9. The first kappa shape index (κ1) is 40.2. The lowest BCUT2D eigenvalue weighted by Gasteiger charge is -2.18. The number of aromatic amines is 1. The molecule has 0 bridgehead atoms. The van der Waals surface area contributed by atoms with Gasteiger partial charge in [0.05, 0.1) is 17.6 Å². The van der Waals surface area contributed by atoms with Crippen LogP contribution in [0.15, 0.2) is 48.5 Å². The molecular weight excluding hydrogens is 680 g/mol. The molecule has 0 saturated heterocycles. The molecule has 2 aromatic carbocycles. The Kier molecular flexibility index (Phi) is 14.3. The number of carbonyl (C=O) groups is 6. The fraction of sp³-hybridized carbons (Fsp3) is 0.400. The van der Waals surface area contributed by atoms with Gasteiger partial charge in [-0.05, 0) is 75.7 Å². The van der Waals surface area contributed by atoms with E-state index in [0.717, 1.165) is 25.2 Å². The zero-order valence-corrected chi connectivity index (χ0v) is 31.1. The van der Waals surface area contributed by atoms with Crippen molar-refractivity contribution in [1.82, 2.24) is 15.2 Å². The highest BCUT2D eigenvalue weighted by atomic mass is 16.6. The van der Waals surface area contributed by atoms with E-state index in [1.165, 1.54) is 13.8 Å². The summed E-state index contributed by atoms with van der Waals surface area (Å²) in [5.74, 6) is -3.18. The Morgan fingerprint density at radius 3 is 2.28 bits per heavy atom. The summed E-state index contributed by atoms with van der Waals surface area (Å²) in [6.45, 7) is 13.6. The van der Waals surface area contributed by atoms with Gasteiger partial charge in [-0.25, -0.2) is 9.59 Å². The average Bonchev–Trinajstić information content (AvgIpc) is 3.60. The van der Waals surface area contributed by atoms with Crippen LogP contribution in [0.3, 0.4) is 0 Å². The summed E-state index contributed by atoms with van der Waals surface area (Å²) in [6.07, 6.45) is -1.21. The Hall–Kier alpha value is -5.56. The van der Waals surface area contributed by atoms with Crippen LogP contribution in [0.5, 0.6) is 0 Å². The molecule has 0 radical (unpaired) electrons. The van der Waals surface area contributed by atoms with Crippen LogP contribution in [0.2, 0.25) is 0 Å². The normalized spacial score (nSPS) is 13.9. The number of nitrogens with one attached hydrogen (secondary N) is 3. The molecule has 2 atom stereocenters. The van der Waals surface area contributed by atoms with Crippen molar-refractivity contribution in [2.24, 2.45) is 0 Å². The highest BCUT2D eigenvalue weighted by Gasteiger charge is 2.28. The zero-order chi connectivity index (χ0) is 38.7. The van der Waals surface area contributed by atoms with Crippen LogP contribution in [0.1, 0.15) is 84.5 Å². The van der Waals surface area contributed by atoms with Crippen LogP contribution in [0, 0.1) is 13.8 Å². The maximum Gasteiger partial charge on any atom is 0.347 e. The van der Waals surface area contributed by atoms with Gasteiger partial charge in [0.25, 0.3) is 11.8 Å². The van der Waals surface area contributed by atoms with Gasteiger partial charge in [0, 0.05) is 48.6 Å². The molecule has 1 aliphatic rings. The van der Waals surface area contributed by atoms with Crippen molar-refractivity contribution in [2.45, 2.75) is 79.6 Å². The van der Waals surface area contributed by atoms with Gasteiger partial charge in [-0.3, -0.25) is 19.2 Å². The first-order valence-electron chi connectivity index (χ1n) is 17.8. The first-order chi connectivity index (χ1) is 25.3. The lowest BCUT2D eigenvalue weighted by Crippen LogP contribution is -2.35. The molecule has 13 heteroatoms. The van der Waals surface area contributed by atoms with E-state index in [2.05, 4.69) is 34.4 Å². The van der Waals surface area contributed by atoms with Crippen LogP contribution < -0.4 is 10.6 Å². The predicted octanol–water partition coefficient (Wildman–Crippen LogP) is 4.69. The smallest absolute Gasteiger partial charge is 0.347 e. The Morgan fingerprint density at radius 2 is 1.58 bits per heavy atom. The van der Waals surface area contributed by atoms with Crippen molar-refractivity contribution in [2.75, 3.05) is 31.5 Å². The lowest BCUT2D eigenvalue weighted by molar-refractivity contribution is -0.177. The van der Waals surface area contributed by atoms with Gasteiger partial charge in [0.2, 0.25) is 0 Å². The molecule has 1 aliphatic heterocycles. The van der Waals surface area contributed by atoms with Crippen molar-refractivity contribution >= 4 is 52.8 Å². The number of amides is 2. The van der Waals surface area contributed by atoms with Crippen LogP contribution in [-0.4, -0.2) is 83.8 Å². The highest BCUT2D eigenvalue weighted by molar-refractivity contribution is 6.35. The van der Waals surface area contributed by atoms with Gasteiger partial charge >= 0.3 is 17.9 Å². The van der Waals surface area contributed by atoms with Crippen LogP contribution in [0.25, 0.3) is 11.6 Å². The molecule has 13 nitrogen and oxygen atoms in total. The van der Waals surface area contributed by atoms with Crippen LogP contribution in [-0.2, 0) is 51.2 Å². The van der Waals surface area contributed by atoms with Gasteiger partial charge in [0.1, 0.15) is 12.4 Å². The third-order valence-electron chi connectivity index (χ3n) is 8.97. The minimum absolute atomic E-state index is 0.000676. The molecule has 0 aliphatic carbocycles. The standard InChI is InChI=1S/C40H48N4O9/c1-7-44(8-2)19-18-41-38(48)36-24(3)34(42-25(36)4)22-32-31-21-29(14-16-33(31)43-37(32)47)20-30(45)15-17-35(46)52-27(6)40(50)53-26(5)39(49)51-23-28-12-10-9-11-13-28/h9-14,16,21-22,26-27,42H,7-8,15,17-20,23H2,1-6H3,(H,41,48)(H,43,47)/b32-22-/t26-,27-/m0/s1. The number of anilines is 1. The van der Waals surface area contributed by atoms with E-state index >= 15 is 0 Å². The Labute approximate surface area is 309 Å². The number of aryl methyl sites for hydroxylation is 1. The third-order valence-corrected chi connectivity index (χ3v) is 8.97. The summed E-state index contributed by atoms with van der Waals surface area (Å²) in [5, 5.41) is 5.83. The minimum Gasteiger partial charge on any atom is -0.458 e. The molecule has 0 fully saturated rings. The third kappa shape index (κ3) is 11.0. The molecule has 4 rings (SSSR count). The fourth-order valence-electron chi connectivity index (χ4n) is 5.87. The van der Waals surface area contributed by atoms with Gasteiger partial charge < -0.3 is 34.7 Å². The minimum atomic E-state index is -1.30. The lowest BCUT2D eigenvalue weighted by atomic mass is 9.98. The number of Topliss-reactive ketones (excluding diaryl/α,β-unsaturated/α-hetero) is 1. The summed E-state index contributed by atoms with van der Waals surface area (Å²) in [5.41, 5.74) is 5.57. The number of fused-ring (bicyclic) bond motifs is 1. The van der Waals surface area contributed by atoms with Crippen molar-refractivity contribution in [3.63, 3.8) is 0 Å². The van der Waals surface area contributed by atoms with E-state index < -0.39 is 30.1 Å². The number of esters is 3. The summed E-state index contributed by atoms with van der Waals surface area (Å²) >= 11 is 0. The number of aromatic nitrogens is 1. The van der Waals surface area contributed by atoms with Crippen molar-refractivity contribution in [3.8, 4) is 0 Å². The van der Waals surface area contributed by atoms with Gasteiger partial charge in [-0.1, -0.05) is 50.2 Å². The van der Waals surface area contributed by atoms with Crippen LogP contribution >= 0.6 is 0 Å². The van der Waals surface area contributed by atoms with E-state index in [-0.39, 0.29) is 43.5 Å². The van der Waals surface area contributed by atoms with Crippen molar-refractivity contribution in [1.29, 1.82) is 0 Å². The summed E-state index contributed by atoms with van der Waals surface area (Å²) < 4.78 is 15.4. The highest BCUT2D eigenvalue weighted by Crippen LogP contribution is 2.35. The maximum absolute atomic E-state index is 13.1.